The first-order valence-corrected chi connectivity index (χ1v) is 7.77. The molecule has 1 aliphatic heterocycles. The number of rotatable bonds is 3. The summed E-state index contributed by atoms with van der Waals surface area (Å²) in [6, 6.07) is 0. The average Bonchev–Trinajstić information content (AvgIpc) is 2.84. The van der Waals surface area contributed by atoms with Crippen molar-refractivity contribution in [3.63, 3.8) is 0 Å². The van der Waals surface area contributed by atoms with Gasteiger partial charge in [0.15, 0.2) is 0 Å². The number of nitrogens with zero attached hydrogens (tertiary/aromatic N) is 2. The second-order valence-corrected chi connectivity index (χ2v) is 6.61. The molecule has 2 fully saturated rings. The van der Waals surface area contributed by atoms with Crippen molar-refractivity contribution >= 4 is 11.8 Å². The lowest BCUT2D eigenvalue weighted by Crippen LogP contribution is -2.53. The Morgan fingerprint density at radius 1 is 1.05 bits per heavy atom. The fraction of sp³-hybridized carbons (Fsp3) is 0.867. The molecule has 5 heteroatoms. The van der Waals surface area contributed by atoms with Crippen molar-refractivity contribution in [2.75, 3.05) is 26.2 Å². The zero-order valence-corrected chi connectivity index (χ0v) is 12.7. The summed E-state index contributed by atoms with van der Waals surface area (Å²) in [6.45, 7) is 6.43. The van der Waals surface area contributed by atoms with Gasteiger partial charge in [0.1, 0.15) is 0 Å². The second-order valence-electron chi connectivity index (χ2n) is 6.61. The van der Waals surface area contributed by atoms with Crippen LogP contribution in [0.3, 0.4) is 0 Å². The predicted octanol–water partition coefficient (Wildman–Crippen LogP) is 0.975. The standard InChI is InChI=1S/C15H27N3O2/c1-12(2)14(20)18-9-7-17(8-10-18)13(19)11-15(16)5-3-4-6-15/h12H,3-11,16H2,1-2H3. The van der Waals surface area contributed by atoms with Crippen molar-refractivity contribution in [1.29, 1.82) is 0 Å². The van der Waals surface area contributed by atoms with Gasteiger partial charge in [-0.25, -0.2) is 0 Å². The van der Waals surface area contributed by atoms with E-state index >= 15 is 0 Å². The molecule has 114 valence electrons. The highest BCUT2D eigenvalue weighted by Crippen LogP contribution is 2.30. The van der Waals surface area contributed by atoms with E-state index in [-0.39, 0.29) is 23.3 Å². The van der Waals surface area contributed by atoms with E-state index in [0.717, 1.165) is 25.7 Å². The Labute approximate surface area is 121 Å². The summed E-state index contributed by atoms with van der Waals surface area (Å²) in [5, 5.41) is 0. The van der Waals surface area contributed by atoms with Gasteiger partial charge in [0.25, 0.3) is 0 Å². The van der Waals surface area contributed by atoms with Gasteiger partial charge in [-0.3, -0.25) is 9.59 Å². The summed E-state index contributed by atoms with van der Waals surface area (Å²) in [4.78, 5) is 28.0. The van der Waals surface area contributed by atoms with Crippen LogP contribution in [0, 0.1) is 5.92 Å². The minimum atomic E-state index is -0.276. The molecule has 0 aromatic rings. The second kappa shape index (κ2) is 6.12. The zero-order valence-electron chi connectivity index (χ0n) is 12.7. The van der Waals surface area contributed by atoms with Crippen LogP contribution in [0.5, 0.6) is 0 Å². The number of carbonyl (C=O) groups is 2. The van der Waals surface area contributed by atoms with Gasteiger partial charge in [-0.05, 0) is 12.8 Å². The van der Waals surface area contributed by atoms with Gasteiger partial charge in [0.2, 0.25) is 11.8 Å². The van der Waals surface area contributed by atoms with Gasteiger partial charge in [0.05, 0.1) is 0 Å². The first-order chi connectivity index (χ1) is 9.41. The lowest BCUT2D eigenvalue weighted by atomic mass is 9.94. The van der Waals surface area contributed by atoms with Crippen LogP contribution in [-0.4, -0.2) is 53.3 Å². The number of nitrogens with two attached hydrogens (primary N) is 1. The molecule has 0 atom stereocenters. The van der Waals surface area contributed by atoms with E-state index < -0.39 is 0 Å². The molecule has 0 aromatic heterocycles. The van der Waals surface area contributed by atoms with Crippen molar-refractivity contribution in [3.05, 3.63) is 0 Å². The van der Waals surface area contributed by atoms with Gasteiger partial charge in [-0.2, -0.15) is 0 Å². The quantitative estimate of drug-likeness (QED) is 0.838. The fourth-order valence-corrected chi connectivity index (χ4v) is 3.21. The van der Waals surface area contributed by atoms with Crippen LogP contribution < -0.4 is 5.73 Å². The third kappa shape index (κ3) is 3.51. The summed E-state index contributed by atoms with van der Waals surface area (Å²) in [5.41, 5.74) is 5.99. The molecule has 1 saturated carbocycles. The molecule has 2 aliphatic rings. The molecular weight excluding hydrogens is 254 g/mol. The number of piperazine rings is 1. The van der Waals surface area contributed by atoms with E-state index in [9.17, 15) is 9.59 Å². The summed E-state index contributed by atoms with van der Waals surface area (Å²) in [7, 11) is 0. The van der Waals surface area contributed by atoms with Crippen LogP contribution in [0.25, 0.3) is 0 Å². The molecule has 0 unspecified atom stereocenters. The number of hydrogen-bond acceptors (Lipinski definition) is 3. The van der Waals surface area contributed by atoms with Gasteiger partial charge in [-0.15, -0.1) is 0 Å². The average molecular weight is 281 g/mol. The minimum absolute atomic E-state index is 0.0306. The van der Waals surface area contributed by atoms with Crippen molar-refractivity contribution in [2.45, 2.75) is 51.5 Å². The molecule has 0 aromatic carbocycles. The Hall–Kier alpha value is -1.10. The Morgan fingerprint density at radius 2 is 1.55 bits per heavy atom. The van der Waals surface area contributed by atoms with Crippen molar-refractivity contribution < 1.29 is 9.59 Å². The number of hydrogen-bond donors (Lipinski definition) is 1. The lowest BCUT2D eigenvalue weighted by Gasteiger charge is -2.37. The predicted molar refractivity (Wildman–Crippen MR) is 78.0 cm³/mol. The first-order valence-electron chi connectivity index (χ1n) is 7.77. The SMILES string of the molecule is CC(C)C(=O)N1CCN(C(=O)CC2(N)CCCC2)CC1. The summed E-state index contributed by atoms with van der Waals surface area (Å²) < 4.78 is 0. The third-order valence-electron chi connectivity index (χ3n) is 4.54. The zero-order chi connectivity index (χ0) is 14.8. The highest BCUT2D eigenvalue weighted by Gasteiger charge is 2.34. The van der Waals surface area contributed by atoms with Gasteiger partial charge in [-0.1, -0.05) is 26.7 Å². The molecule has 5 nitrogen and oxygen atoms in total. The lowest BCUT2D eigenvalue weighted by molar-refractivity contribution is -0.142. The van der Waals surface area contributed by atoms with Crippen LogP contribution >= 0.6 is 0 Å². The minimum Gasteiger partial charge on any atom is -0.339 e. The number of carbonyl (C=O) groups excluding carboxylic acids is 2. The maximum absolute atomic E-state index is 12.3. The Kier molecular flexibility index (Phi) is 4.68. The normalized spacial score (nSPS) is 22.4. The molecule has 20 heavy (non-hydrogen) atoms. The molecule has 0 bridgehead atoms. The maximum Gasteiger partial charge on any atom is 0.225 e. The van der Waals surface area contributed by atoms with E-state index in [4.69, 9.17) is 5.73 Å². The first kappa shape index (κ1) is 15.3. The topological polar surface area (TPSA) is 66.6 Å². The van der Waals surface area contributed by atoms with Gasteiger partial charge < -0.3 is 15.5 Å². The van der Waals surface area contributed by atoms with E-state index in [1.54, 1.807) is 0 Å². The highest BCUT2D eigenvalue weighted by molar-refractivity contribution is 5.80. The Balaban J connectivity index is 1.81. The molecule has 2 N–H and O–H groups in total. The summed E-state index contributed by atoms with van der Waals surface area (Å²) in [5.74, 6) is 0.372. The molecule has 1 saturated heterocycles. The maximum atomic E-state index is 12.3. The molecule has 1 aliphatic carbocycles. The van der Waals surface area contributed by atoms with Gasteiger partial charge >= 0.3 is 0 Å². The molecule has 0 spiro atoms. The van der Waals surface area contributed by atoms with Gasteiger partial charge in [0, 0.05) is 44.1 Å². The van der Waals surface area contributed by atoms with Crippen LogP contribution in [0.15, 0.2) is 0 Å². The van der Waals surface area contributed by atoms with Crippen LogP contribution in [0.2, 0.25) is 0 Å². The molecule has 2 amide bonds. The van der Waals surface area contributed by atoms with E-state index in [2.05, 4.69) is 0 Å². The molecule has 0 radical (unpaired) electrons. The Bertz CT molecular complexity index is 367. The highest BCUT2D eigenvalue weighted by atomic mass is 16.2. The molecular formula is C15H27N3O2. The summed E-state index contributed by atoms with van der Waals surface area (Å²) in [6.07, 6.45) is 4.67. The molecule has 2 rings (SSSR count). The monoisotopic (exact) mass is 281 g/mol. The van der Waals surface area contributed by atoms with Crippen molar-refractivity contribution in [2.24, 2.45) is 11.7 Å². The third-order valence-corrected chi connectivity index (χ3v) is 4.54. The van der Waals surface area contributed by atoms with Crippen molar-refractivity contribution in [3.8, 4) is 0 Å². The Morgan fingerprint density at radius 3 is 2.05 bits per heavy atom. The van der Waals surface area contributed by atoms with E-state index in [1.807, 2.05) is 23.6 Å². The van der Waals surface area contributed by atoms with Crippen LogP contribution in [0.4, 0.5) is 0 Å². The molecule has 1 heterocycles. The fourth-order valence-electron chi connectivity index (χ4n) is 3.21. The van der Waals surface area contributed by atoms with E-state index in [1.165, 1.54) is 0 Å². The van der Waals surface area contributed by atoms with Crippen LogP contribution in [0.1, 0.15) is 46.0 Å². The summed E-state index contributed by atoms with van der Waals surface area (Å²) >= 11 is 0. The van der Waals surface area contributed by atoms with Crippen molar-refractivity contribution in [1.82, 2.24) is 9.80 Å². The number of amides is 2. The van der Waals surface area contributed by atoms with Crippen LogP contribution in [-0.2, 0) is 9.59 Å². The van der Waals surface area contributed by atoms with E-state index in [0.29, 0.717) is 32.6 Å². The largest absolute Gasteiger partial charge is 0.339 e. The smallest absolute Gasteiger partial charge is 0.225 e.